The Morgan fingerprint density at radius 2 is 2.03 bits per heavy atom. The van der Waals surface area contributed by atoms with Gasteiger partial charge in [0.25, 0.3) is 0 Å². The maximum Gasteiger partial charge on any atom is 0.305 e. The largest absolute Gasteiger partial charge is 0.493 e. The number of carbonyl (C=O) groups excluding carboxylic acids is 1. The number of amides is 1. The maximum absolute atomic E-state index is 13.0. The molecule has 8 nitrogen and oxygen atoms in total. The summed E-state index contributed by atoms with van der Waals surface area (Å²) < 4.78 is 24.0. The zero-order valence-corrected chi connectivity index (χ0v) is 16.7. The number of methoxy groups -OCH3 is 1. The molecule has 1 saturated heterocycles. The third-order valence-corrected chi connectivity index (χ3v) is 5.06. The number of hydrogen-bond donors (Lipinski definition) is 2. The monoisotopic (exact) mass is 431 g/mol. The maximum atomic E-state index is 13.0. The van der Waals surface area contributed by atoms with Gasteiger partial charge in [-0.1, -0.05) is 23.9 Å². The zero-order valence-electron chi connectivity index (χ0n) is 15.9. The van der Waals surface area contributed by atoms with Gasteiger partial charge in [0.2, 0.25) is 5.91 Å². The molecular formula is C20H18FN3O5S. The van der Waals surface area contributed by atoms with Crippen LogP contribution in [0.2, 0.25) is 0 Å². The molecule has 1 amide bonds. The minimum absolute atomic E-state index is 0.244. The molecule has 0 saturated carbocycles. The summed E-state index contributed by atoms with van der Waals surface area (Å²) in [5.41, 5.74) is 1.50. The van der Waals surface area contributed by atoms with Crippen LogP contribution in [-0.4, -0.2) is 40.7 Å². The van der Waals surface area contributed by atoms with E-state index < -0.39 is 17.1 Å². The summed E-state index contributed by atoms with van der Waals surface area (Å²) in [6.45, 7) is 0.256. The van der Waals surface area contributed by atoms with E-state index in [0.29, 0.717) is 17.1 Å². The van der Waals surface area contributed by atoms with Crippen LogP contribution in [0.5, 0.6) is 11.5 Å². The molecule has 2 aromatic rings. The number of amidine groups is 1. The topological polar surface area (TPSA) is 110 Å². The average Bonchev–Trinajstić information content (AvgIpc) is 3.06. The highest BCUT2D eigenvalue weighted by molar-refractivity contribution is 8.15. The standard InChI is InChI=1S/C20H18FN3O5S/c1-28-16-8-13(4-7-15(16)29-11-12-2-5-14(21)6-3-12)10-22-24-20-23-19(27)17(30-20)9-18(25)26/h2-8,10,17H,9,11H2,1H3,(H,25,26)(H,23,24,27)/b22-10-/t17-/m0/s1. The number of halogens is 1. The minimum atomic E-state index is -1.05. The van der Waals surface area contributed by atoms with Crippen molar-refractivity contribution in [1.82, 2.24) is 5.32 Å². The van der Waals surface area contributed by atoms with E-state index in [4.69, 9.17) is 14.6 Å². The normalized spacial score (nSPS) is 17.3. The number of thioether (sulfide) groups is 1. The molecule has 1 atom stereocenters. The van der Waals surface area contributed by atoms with Gasteiger partial charge in [-0.05, 0) is 41.5 Å². The first-order valence-electron chi connectivity index (χ1n) is 8.80. The van der Waals surface area contributed by atoms with Crippen LogP contribution < -0.4 is 14.8 Å². The van der Waals surface area contributed by atoms with Crippen molar-refractivity contribution in [3.63, 3.8) is 0 Å². The van der Waals surface area contributed by atoms with E-state index in [1.807, 2.05) is 0 Å². The number of aliphatic carboxylic acids is 1. The summed E-state index contributed by atoms with van der Waals surface area (Å²) in [7, 11) is 1.51. The van der Waals surface area contributed by atoms with Gasteiger partial charge in [0.15, 0.2) is 16.7 Å². The third-order valence-electron chi connectivity index (χ3n) is 3.99. The summed E-state index contributed by atoms with van der Waals surface area (Å²) in [5, 5.41) is 18.6. The van der Waals surface area contributed by atoms with Crippen LogP contribution in [0.15, 0.2) is 52.7 Å². The highest BCUT2D eigenvalue weighted by Crippen LogP contribution is 2.28. The smallest absolute Gasteiger partial charge is 0.305 e. The van der Waals surface area contributed by atoms with Crippen LogP contribution in [0.4, 0.5) is 4.39 Å². The molecule has 10 heteroatoms. The molecule has 0 aromatic heterocycles. The van der Waals surface area contributed by atoms with Crippen LogP contribution in [0.1, 0.15) is 17.5 Å². The molecule has 3 rings (SSSR count). The molecule has 0 unspecified atom stereocenters. The predicted octanol–water partition coefficient (Wildman–Crippen LogP) is 2.81. The van der Waals surface area contributed by atoms with Gasteiger partial charge in [-0.25, -0.2) is 4.39 Å². The van der Waals surface area contributed by atoms with Crippen molar-refractivity contribution in [3.05, 3.63) is 59.4 Å². The molecule has 2 N–H and O–H groups in total. The SMILES string of the molecule is COc1cc(/C=N\N=C2\NC(=O)[C@H](CC(=O)O)S2)ccc1OCc1ccc(F)cc1. The van der Waals surface area contributed by atoms with Gasteiger partial charge in [0, 0.05) is 0 Å². The zero-order chi connectivity index (χ0) is 21.5. The Kier molecular flexibility index (Phi) is 7.02. The summed E-state index contributed by atoms with van der Waals surface area (Å²) >= 11 is 1.02. The Balaban J connectivity index is 1.62. The molecule has 0 spiro atoms. The van der Waals surface area contributed by atoms with Crippen molar-refractivity contribution in [2.75, 3.05) is 7.11 Å². The lowest BCUT2D eigenvalue weighted by atomic mass is 10.2. The number of rotatable bonds is 8. The fourth-order valence-electron chi connectivity index (χ4n) is 2.52. The Labute approximate surface area is 175 Å². The van der Waals surface area contributed by atoms with Crippen molar-refractivity contribution in [2.45, 2.75) is 18.3 Å². The molecule has 30 heavy (non-hydrogen) atoms. The van der Waals surface area contributed by atoms with Crippen LogP contribution in [-0.2, 0) is 16.2 Å². The van der Waals surface area contributed by atoms with Gasteiger partial charge in [0.05, 0.1) is 19.7 Å². The molecule has 0 radical (unpaired) electrons. The molecule has 1 fully saturated rings. The second-order valence-corrected chi connectivity index (χ2v) is 7.36. The first kappa shape index (κ1) is 21.3. The average molecular weight is 431 g/mol. The molecule has 1 aliphatic rings. The van der Waals surface area contributed by atoms with Crippen molar-refractivity contribution >= 4 is 35.0 Å². The minimum Gasteiger partial charge on any atom is -0.493 e. The number of nitrogens with one attached hydrogen (secondary N) is 1. The van der Waals surface area contributed by atoms with Gasteiger partial charge >= 0.3 is 5.97 Å². The number of ether oxygens (including phenoxy) is 2. The van der Waals surface area contributed by atoms with Crippen molar-refractivity contribution in [3.8, 4) is 11.5 Å². The van der Waals surface area contributed by atoms with E-state index in [2.05, 4.69) is 15.5 Å². The molecule has 156 valence electrons. The number of benzene rings is 2. The van der Waals surface area contributed by atoms with Crippen molar-refractivity contribution < 1.29 is 28.6 Å². The van der Waals surface area contributed by atoms with Gasteiger partial charge < -0.3 is 19.9 Å². The number of carboxylic acids is 1. The van der Waals surface area contributed by atoms with Gasteiger partial charge in [-0.3, -0.25) is 9.59 Å². The molecule has 0 bridgehead atoms. The second-order valence-electron chi connectivity index (χ2n) is 6.17. The predicted molar refractivity (Wildman–Crippen MR) is 111 cm³/mol. The third kappa shape index (κ3) is 5.80. The van der Waals surface area contributed by atoms with E-state index in [-0.39, 0.29) is 24.0 Å². The Bertz CT molecular complexity index is 994. The lowest BCUT2D eigenvalue weighted by Crippen LogP contribution is -2.26. The number of carboxylic acid groups (broad SMARTS) is 1. The second kappa shape index (κ2) is 9.88. The van der Waals surface area contributed by atoms with Crippen molar-refractivity contribution in [2.24, 2.45) is 10.2 Å². The fourth-order valence-corrected chi connectivity index (χ4v) is 3.43. The lowest BCUT2D eigenvalue weighted by molar-refractivity contribution is -0.138. The van der Waals surface area contributed by atoms with Crippen LogP contribution in [0.25, 0.3) is 0 Å². The number of carbonyl (C=O) groups is 2. The Morgan fingerprint density at radius 1 is 1.27 bits per heavy atom. The van der Waals surface area contributed by atoms with Crippen molar-refractivity contribution in [1.29, 1.82) is 0 Å². The molecular weight excluding hydrogens is 413 g/mol. The summed E-state index contributed by atoms with van der Waals surface area (Å²) in [6, 6.07) is 11.2. The molecule has 1 heterocycles. The van der Waals surface area contributed by atoms with E-state index in [9.17, 15) is 14.0 Å². The highest BCUT2D eigenvalue weighted by Gasteiger charge is 2.32. The quantitative estimate of drug-likeness (QED) is 0.491. The van der Waals surface area contributed by atoms with E-state index in [1.54, 1.807) is 30.3 Å². The summed E-state index contributed by atoms with van der Waals surface area (Å²) in [4.78, 5) is 22.4. The van der Waals surface area contributed by atoms with Gasteiger partial charge in [-0.15, -0.1) is 5.10 Å². The Hall–Kier alpha value is -3.40. The molecule has 1 aliphatic heterocycles. The molecule has 2 aromatic carbocycles. The van der Waals surface area contributed by atoms with Crippen LogP contribution in [0, 0.1) is 5.82 Å². The number of hydrogen-bond acceptors (Lipinski definition) is 7. The summed E-state index contributed by atoms with van der Waals surface area (Å²) in [5.74, 6) is -0.766. The lowest BCUT2D eigenvalue weighted by Gasteiger charge is -2.11. The Morgan fingerprint density at radius 3 is 2.73 bits per heavy atom. The molecule has 0 aliphatic carbocycles. The fraction of sp³-hybridized carbons (Fsp3) is 0.200. The van der Waals surface area contributed by atoms with E-state index >= 15 is 0 Å². The van der Waals surface area contributed by atoms with Crippen LogP contribution in [0.3, 0.4) is 0 Å². The van der Waals surface area contributed by atoms with E-state index in [0.717, 1.165) is 17.3 Å². The first-order valence-corrected chi connectivity index (χ1v) is 9.68. The van der Waals surface area contributed by atoms with Gasteiger partial charge in [-0.2, -0.15) is 5.10 Å². The highest BCUT2D eigenvalue weighted by atomic mass is 32.2. The van der Waals surface area contributed by atoms with Crippen LogP contribution >= 0.6 is 11.8 Å². The number of nitrogens with zero attached hydrogens (tertiary/aromatic N) is 2. The summed E-state index contributed by atoms with van der Waals surface area (Å²) in [6.07, 6.45) is 1.19. The van der Waals surface area contributed by atoms with Gasteiger partial charge in [0.1, 0.15) is 17.7 Å². The first-order chi connectivity index (χ1) is 14.4. The van der Waals surface area contributed by atoms with E-state index in [1.165, 1.54) is 25.5 Å².